The number of rotatable bonds is 4. The van der Waals surface area contributed by atoms with E-state index >= 15 is 0 Å². The lowest BCUT2D eigenvalue weighted by Gasteiger charge is -2.33. The maximum absolute atomic E-state index is 12.0. The van der Waals surface area contributed by atoms with E-state index in [-0.39, 0.29) is 5.91 Å². The molecule has 0 aromatic carbocycles. The summed E-state index contributed by atoms with van der Waals surface area (Å²) in [4.78, 5) is 20.2. The lowest BCUT2D eigenvalue weighted by molar-refractivity contribution is -0.126. The maximum atomic E-state index is 12.0. The van der Waals surface area contributed by atoms with Gasteiger partial charge in [0.1, 0.15) is 6.07 Å². The summed E-state index contributed by atoms with van der Waals surface area (Å²) >= 11 is 0. The van der Waals surface area contributed by atoms with E-state index in [1.165, 1.54) is 0 Å². The lowest BCUT2D eigenvalue weighted by Crippen LogP contribution is -2.48. The van der Waals surface area contributed by atoms with Crippen molar-refractivity contribution in [3.8, 4) is 6.07 Å². The minimum Gasteiger partial charge on any atom is -0.423 e. The molecule has 1 aromatic heterocycles. The van der Waals surface area contributed by atoms with E-state index in [1.807, 2.05) is 24.0 Å². The Morgan fingerprint density at radius 2 is 2.04 bits per heavy atom. The molecule has 120 valence electrons. The van der Waals surface area contributed by atoms with Crippen LogP contribution in [0.1, 0.15) is 37.3 Å². The highest BCUT2D eigenvalue weighted by Gasteiger charge is 2.32. The fourth-order valence-electron chi connectivity index (χ4n) is 2.60. The van der Waals surface area contributed by atoms with Crippen LogP contribution in [-0.4, -0.2) is 42.0 Å². The van der Waals surface area contributed by atoms with Crippen LogP contribution < -0.4 is 4.90 Å². The van der Waals surface area contributed by atoms with Gasteiger partial charge in [-0.3, -0.25) is 4.79 Å². The fraction of sp³-hybridized carbons (Fsp3) is 0.471. The van der Waals surface area contributed by atoms with Gasteiger partial charge in [0.15, 0.2) is 0 Å². The molecule has 1 saturated heterocycles. The van der Waals surface area contributed by atoms with Gasteiger partial charge in [0.25, 0.3) is 0 Å². The first kappa shape index (κ1) is 15.3. The smallest absolute Gasteiger partial charge is 0.246 e. The summed E-state index contributed by atoms with van der Waals surface area (Å²) in [7, 11) is 0. The van der Waals surface area contributed by atoms with Gasteiger partial charge in [0, 0.05) is 38.2 Å². The van der Waals surface area contributed by atoms with Crippen molar-refractivity contribution < 1.29 is 9.21 Å². The molecule has 1 aliphatic carbocycles. The summed E-state index contributed by atoms with van der Waals surface area (Å²) in [5.74, 6) is 1.64. The summed E-state index contributed by atoms with van der Waals surface area (Å²) in [6.07, 6.45) is 9.22. The summed E-state index contributed by atoms with van der Waals surface area (Å²) in [5, 5.41) is 9.25. The molecule has 1 saturated carbocycles. The fourth-order valence-corrected chi connectivity index (χ4v) is 2.60. The molecule has 2 fully saturated rings. The first-order chi connectivity index (χ1) is 11.2. The Balaban J connectivity index is 1.63. The Bertz CT molecular complexity index is 671. The second kappa shape index (κ2) is 6.69. The lowest BCUT2D eigenvalue weighted by atomic mass is 10.3. The predicted octanol–water partition coefficient (Wildman–Crippen LogP) is 2.20. The van der Waals surface area contributed by atoms with E-state index in [1.54, 1.807) is 17.1 Å². The monoisotopic (exact) mass is 312 g/mol. The summed E-state index contributed by atoms with van der Waals surface area (Å²) in [5.41, 5.74) is 0.361. The molecule has 2 heterocycles. The van der Waals surface area contributed by atoms with Crippen molar-refractivity contribution in [3.63, 3.8) is 0 Å². The molecule has 2 aliphatic rings. The molecule has 3 rings (SSSR count). The van der Waals surface area contributed by atoms with Gasteiger partial charge in [-0.25, -0.2) is 4.98 Å². The molecule has 0 atom stereocenters. The number of carbonyl (C=O) groups is 1. The first-order valence-electron chi connectivity index (χ1n) is 7.97. The largest absolute Gasteiger partial charge is 0.423 e. The first-order valence-corrected chi connectivity index (χ1v) is 7.97. The van der Waals surface area contributed by atoms with Crippen LogP contribution >= 0.6 is 0 Å². The van der Waals surface area contributed by atoms with Gasteiger partial charge in [0.2, 0.25) is 23.4 Å². The quantitative estimate of drug-likeness (QED) is 0.629. The Morgan fingerprint density at radius 3 is 2.65 bits per heavy atom. The van der Waals surface area contributed by atoms with Crippen LogP contribution in [-0.2, 0) is 4.79 Å². The van der Waals surface area contributed by atoms with Crippen LogP contribution in [0.5, 0.6) is 0 Å². The Morgan fingerprint density at radius 1 is 1.30 bits per heavy atom. The van der Waals surface area contributed by atoms with Gasteiger partial charge in [-0.2, -0.15) is 5.26 Å². The molecule has 1 amide bonds. The standard InChI is InChI=1S/C17H20N4O2/c1-2-3-4-5-15(22)20-8-10-21(11-9-20)17-14(12-18)19-16(23-17)13-6-7-13/h2-5,13H,6-11H2,1H3/b3-2+,5-4+. The van der Waals surface area contributed by atoms with Gasteiger partial charge in [-0.15, -0.1) is 0 Å². The number of nitriles is 1. The van der Waals surface area contributed by atoms with E-state index in [0.717, 1.165) is 12.8 Å². The van der Waals surface area contributed by atoms with Crippen LogP contribution in [0.2, 0.25) is 0 Å². The van der Waals surface area contributed by atoms with Crippen molar-refractivity contribution in [1.29, 1.82) is 5.26 Å². The highest BCUT2D eigenvalue weighted by Crippen LogP contribution is 2.41. The molecular formula is C17H20N4O2. The normalized spacial score (nSPS) is 18.8. The van der Waals surface area contributed by atoms with Crippen molar-refractivity contribution in [2.45, 2.75) is 25.7 Å². The van der Waals surface area contributed by atoms with E-state index in [9.17, 15) is 10.1 Å². The Hall–Kier alpha value is -2.55. The van der Waals surface area contributed by atoms with Crippen LogP contribution in [0.3, 0.4) is 0 Å². The Kier molecular flexibility index (Phi) is 4.47. The van der Waals surface area contributed by atoms with Crippen molar-refractivity contribution in [2.75, 3.05) is 31.1 Å². The van der Waals surface area contributed by atoms with Crippen LogP contribution in [0, 0.1) is 11.3 Å². The van der Waals surface area contributed by atoms with Gasteiger partial charge in [-0.05, 0) is 19.8 Å². The third-order valence-electron chi connectivity index (χ3n) is 4.08. The molecular weight excluding hydrogens is 292 g/mol. The zero-order valence-electron chi connectivity index (χ0n) is 13.2. The number of hydrogen-bond donors (Lipinski definition) is 0. The van der Waals surface area contributed by atoms with Crippen molar-refractivity contribution in [3.05, 3.63) is 35.9 Å². The second-order valence-corrected chi connectivity index (χ2v) is 5.79. The number of carbonyl (C=O) groups excluding carboxylic acids is 1. The molecule has 6 nitrogen and oxygen atoms in total. The number of anilines is 1. The van der Waals surface area contributed by atoms with Crippen LogP contribution in [0.4, 0.5) is 5.88 Å². The van der Waals surface area contributed by atoms with E-state index in [2.05, 4.69) is 11.1 Å². The van der Waals surface area contributed by atoms with Gasteiger partial charge in [-0.1, -0.05) is 18.2 Å². The molecule has 0 unspecified atom stereocenters. The van der Waals surface area contributed by atoms with Gasteiger partial charge >= 0.3 is 0 Å². The van der Waals surface area contributed by atoms with E-state index < -0.39 is 0 Å². The average Bonchev–Trinajstić information content (AvgIpc) is 3.34. The van der Waals surface area contributed by atoms with Crippen LogP contribution in [0.25, 0.3) is 0 Å². The zero-order chi connectivity index (χ0) is 16.2. The predicted molar refractivity (Wildman–Crippen MR) is 85.9 cm³/mol. The minimum atomic E-state index is 0.0134. The third-order valence-corrected chi connectivity index (χ3v) is 4.08. The number of allylic oxidation sites excluding steroid dienone is 3. The van der Waals surface area contributed by atoms with Gasteiger partial charge < -0.3 is 14.2 Å². The van der Waals surface area contributed by atoms with Crippen LogP contribution in [0.15, 0.2) is 28.7 Å². The summed E-state index contributed by atoms with van der Waals surface area (Å²) in [6.45, 7) is 4.44. The zero-order valence-corrected chi connectivity index (χ0v) is 13.2. The van der Waals surface area contributed by atoms with Crippen molar-refractivity contribution >= 4 is 11.8 Å². The summed E-state index contributed by atoms with van der Waals surface area (Å²) in [6, 6.07) is 2.12. The molecule has 6 heteroatoms. The molecule has 1 aromatic rings. The third kappa shape index (κ3) is 3.45. The molecule has 0 N–H and O–H groups in total. The van der Waals surface area contributed by atoms with E-state index in [4.69, 9.17) is 4.42 Å². The number of amides is 1. The number of aromatic nitrogens is 1. The SMILES string of the molecule is C/C=C/C=C/C(=O)N1CCN(c2oc(C3CC3)nc2C#N)CC1. The molecule has 1 aliphatic heterocycles. The van der Waals surface area contributed by atoms with Crippen molar-refractivity contribution in [1.82, 2.24) is 9.88 Å². The molecule has 23 heavy (non-hydrogen) atoms. The molecule has 0 radical (unpaired) electrons. The second-order valence-electron chi connectivity index (χ2n) is 5.79. The number of hydrogen-bond acceptors (Lipinski definition) is 5. The number of piperazine rings is 1. The number of nitrogens with zero attached hydrogens (tertiary/aromatic N) is 4. The topological polar surface area (TPSA) is 73.4 Å². The average molecular weight is 312 g/mol. The molecule has 0 bridgehead atoms. The summed E-state index contributed by atoms with van der Waals surface area (Å²) < 4.78 is 5.81. The van der Waals surface area contributed by atoms with Crippen molar-refractivity contribution in [2.24, 2.45) is 0 Å². The number of oxazole rings is 1. The van der Waals surface area contributed by atoms with Gasteiger partial charge in [0.05, 0.1) is 0 Å². The maximum Gasteiger partial charge on any atom is 0.246 e. The highest BCUT2D eigenvalue weighted by atomic mass is 16.4. The highest BCUT2D eigenvalue weighted by molar-refractivity contribution is 5.88. The van der Waals surface area contributed by atoms with E-state index in [0.29, 0.717) is 49.6 Å². The minimum absolute atomic E-state index is 0.0134. The Labute approximate surface area is 135 Å². The molecule has 0 spiro atoms.